The van der Waals surface area contributed by atoms with Gasteiger partial charge in [0.1, 0.15) is 25.8 Å². The van der Waals surface area contributed by atoms with Gasteiger partial charge in [0.05, 0.1) is 25.3 Å². The largest absolute Gasteiger partial charge is 0.392 e. The molecule has 4 aromatic carbocycles. The molecule has 0 spiro atoms. The minimum Gasteiger partial charge on any atom is -0.392 e. The highest BCUT2D eigenvalue weighted by atomic mass is 28.3. The summed E-state index contributed by atoms with van der Waals surface area (Å²) >= 11 is 0. The van der Waals surface area contributed by atoms with Crippen LogP contribution in [0.3, 0.4) is 0 Å². The number of hydrogen-bond donors (Lipinski definition) is 2. The van der Waals surface area contributed by atoms with Gasteiger partial charge in [-0.2, -0.15) is 0 Å². The first kappa shape index (κ1) is 49.1. The van der Waals surface area contributed by atoms with E-state index in [2.05, 4.69) is 39.3 Å². The van der Waals surface area contributed by atoms with E-state index in [1.165, 1.54) is 12.1 Å². The lowest BCUT2D eigenvalue weighted by atomic mass is 9.90. The van der Waals surface area contributed by atoms with Gasteiger partial charge in [-0.05, 0) is 82.6 Å². The summed E-state index contributed by atoms with van der Waals surface area (Å²) in [6.45, 7) is 13.6. The van der Waals surface area contributed by atoms with Crippen LogP contribution in [0.2, 0.25) is 51.4 Å². The highest BCUT2D eigenvalue weighted by Gasteiger charge is 2.49. The molecule has 4 atom stereocenters. The van der Waals surface area contributed by atoms with Crippen molar-refractivity contribution in [3.8, 4) is 0 Å². The predicted molar refractivity (Wildman–Crippen MR) is 237 cm³/mol. The number of amides is 2. The summed E-state index contributed by atoms with van der Waals surface area (Å²) in [5.74, 6) is -4.13. The van der Waals surface area contributed by atoms with Crippen molar-refractivity contribution in [3.63, 3.8) is 0 Å². The number of rotatable bonds is 22. The van der Waals surface area contributed by atoms with Gasteiger partial charge in [0.25, 0.3) is 0 Å². The molecule has 15 heteroatoms. The molecule has 338 valence electrons. The molecule has 2 N–H and O–H groups in total. The maximum Gasteiger partial charge on any atom is 0.321 e. The molecular weight excluding hydrogens is 837 g/mol. The van der Waals surface area contributed by atoms with E-state index in [-0.39, 0.29) is 52.7 Å². The summed E-state index contributed by atoms with van der Waals surface area (Å²) < 4.78 is 84.5. The summed E-state index contributed by atoms with van der Waals surface area (Å²) in [7, 11) is -3.00. The van der Waals surface area contributed by atoms with E-state index in [1.807, 2.05) is 24.3 Å². The predicted octanol–water partition coefficient (Wildman–Crippen LogP) is 9.28. The first-order chi connectivity index (χ1) is 29.4. The van der Waals surface area contributed by atoms with E-state index in [9.17, 15) is 27.8 Å². The average Bonchev–Trinajstić information content (AvgIpc) is 3.29. The zero-order chi connectivity index (χ0) is 45.0. The molecule has 5 rings (SSSR count). The van der Waals surface area contributed by atoms with Gasteiger partial charge in [-0.15, -0.1) is 0 Å². The number of carbonyl (C=O) groups excluding carboxylic acids is 1. The number of urea groups is 1. The van der Waals surface area contributed by atoms with Gasteiger partial charge in [-0.1, -0.05) is 99.9 Å². The Morgan fingerprint density at radius 3 is 1.18 bits per heavy atom. The monoisotopic (exact) mass is 898 g/mol. The standard InChI is InChI=1S/C47H62F4N2O7Si2/c1-61(2,3)21-19-57-31-59-45-43(25-37-15-17-39(48)41(50)23-37)52(27-33-7-11-35(29-54)12-8-33)47(56)53(28-34-9-13-36(30-55)14-10-34)44(26-38-16-18-40(49)42(51)24-38)46(45)60-32-58-20-22-62(4,5)6/h7-18,23-24,43-46,54-55H,19-22,25-32H2,1-6H3/t43-,44-,45+,46+/m1/s1. The van der Waals surface area contributed by atoms with Crippen molar-refractivity contribution in [2.45, 2.75) is 115 Å². The van der Waals surface area contributed by atoms with Gasteiger partial charge < -0.3 is 39.0 Å². The molecule has 0 saturated carbocycles. The minimum atomic E-state index is -1.50. The molecule has 2 amide bonds. The maximum absolute atomic E-state index is 15.6. The zero-order valence-corrected chi connectivity index (χ0v) is 38.7. The fourth-order valence-electron chi connectivity index (χ4n) is 7.31. The van der Waals surface area contributed by atoms with E-state index in [0.717, 1.165) is 47.5 Å². The smallest absolute Gasteiger partial charge is 0.321 e. The van der Waals surface area contributed by atoms with Gasteiger partial charge in [-0.25, -0.2) is 22.4 Å². The second-order valence-corrected chi connectivity index (χ2v) is 29.7. The fraction of sp³-hybridized carbons (Fsp3) is 0.468. The topological polar surface area (TPSA) is 101 Å². The third kappa shape index (κ3) is 14.6. The van der Waals surface area contributed by atoms with Crippen LogP contribution in [0, 0.1) is 23.3 Å². The second-order valence-electron chi connectivity index (χ2n) is 18.5. The van der Waals surface area contributed by atoms with Crippen molar-refractivity contribution in [1.29, 1.82) is 0 Å². The highest BCUT2D eigenvalue weighted by molar-refractivity contribution is 6.76. The molecule has 0 unspecified atom stereocenters. The number of aliphatic hydroxyl groups excluding tert-OH is 2. The van der Waals surface area contributed by atoms with Gasteiger partial charge in [0.2, 0.25) is 0 Å². The Bertz CT molecular complexity index is 1890. The summed E-state index contributed by atoms with van der Waals surface area (Å²) in [6, 6.07) is 21.0. The second kappa shape index (κ2) is 22.6. The van der Waals surface area contributed by atoms with Crippen LogP contribution < -0.4 is 0 Å². The number of hydrogen-bond acceptors (Lipinski definition) is 7. The lowest BCUT2D eigenvalue weighted by Crippen LogP contribution is -2.53. The molecule has 1 saturated heterocycles. The van der Waals surface area contributed by atoms with E-state index < -0.39 is 69.7 Å². The Kier molecular flexibility index (Phi) is 17.9. The Labute approximate surface area is 365 Å². The van der Waals surface area contributed by atoms with Gasteiger partial charge >= 0.3 is 6.03 Å². The molecule has 0 radical (unpaired) electrons. The van der Waals surface area contributed by atoms with Crippen molar-refractivity contribution in [3.05, 3.63) is 142 Å². The molecule has 0 bridgehead atoms. The average molecular weight is 899 g/mol. The van der Waals surface area contributed by atoms with Crippen LogP contribution in [0.15, 0.2) is 84.9 Å². The fourth-order valence-corrected chi connectivity index (χ4v) is 8.83. The molecule has 4 aromatic rings. The van der Waals surface area contributed by atoms with E-state index in [0.29, 0.717) is 35.5 Å². The summed E-state index contributed by atoms with van der Waals surface area (Å²) in [5, 5.41) is 19.6. The Hall–Kier alpha value is -3.94. The van der Waals surface area contributed by atoms with E-state index in [1.54, 1.807) is 34.1 Å². The first-order valence-corrected chi connectivity index (χ1v) is 28.6. The third-order valence-corrected chi connectivity index (χ3v) is 14.4. The van der Waals surface area contributed by atoms with Crippen LogP contribution in [-0.2, 0) is 58.1 Å². The van der Waals surface area contributed by atoms with E-state index in [4.69, 9.17) is 18.9 Å². The van der Waals surface area contributed by atoms with Crippen LogP contribution in [0.4, 0.5) is 22.4 Å². The van der Waals surface area contributed by atoms with Crippen LogP contribution in [0.5, 0.6) is 0 Å². The summed E-state index contributed by atoms with van der Waals surface area (Å²) in [5.41, 5.74) is 3.57. The van der Waals surface area contributed by atoms with Crippen LogP contribution in [-0.4, -0.2) is 93.3 Å². The normalized spacial score (nSPS) is 18.7. The zero-order valence-electron chi connectivity index (χ0n) is 36.7. The van der Waals surface area contributed by atoms with Crippen molar-refractivity contribution in [1.82, 2.24) is 9.80 Å². The van der Waals surface area contributed by atoms with Crippen molar-refractivity contribution >= 4 is 22.2 Å². The summed E-state index contributed by atoms with van der Waals surface area (Å²) in [6.07, 6.45) is -2.00. The van der Waals surface area contributed by atoms with Gasteiger partial charge in [0, 0.05) is 42.5 Å². The number of benzene rings is 4. The minimum absolute atomic E-state index is 0.00447. The molecular formula is C47H62F4N2O7Si2. The number of carbonyl (C=O) groups is 1. The highest BCUT2D eigenvalue weighted by Crippen LogP contribution is 2.34. The van der Waals surface area contributed by atoms with Crippen LogP contribution >= 0.6 is 0 Å². The first-order valence-electron chi connectivity index (χ1n) is 21.2. The van der Waals surface area contributed by atoms with Gasteiger partial charge in [0.15, 0.2) is 23.3 Å². The van der Waals surface area contributed by atoms with Crippen LogP contribution in [0.1, 0.15) is 33.4 Å². The molecule has 62 heavy (non-hydrogen) atoms. The Morgan fingerprint density at radius 2 is 0.855 bits per heavy atom. The number of ether oxygens (including phenoxy) is 4. The SMILES string of the molecule is C[Si](C)(C)CCOCO[C@@H]1[C@@H](OCOCC[Si](C)(C)C)[C@@H](Cc2ccc(F)c(F)c2)N(Cc2ccc(CO)cc2)C(=O)N(Cc2ccc(CO)cc2)[C@@H]1Cc1ccc(F)c(F)c1. The molecule has 1 aliphatic heterocycles. The molecule has 9 nitrogen and oxygen atoms in total. The molecule has 1 aliphatic rings. The number of halogens is 4. The molecule has 1 heterocycles. The molecule has 1 fully saturated rings. The number of nitrogens with zero attached hydrogens (tertiary/aromatic N) is 2. The van der Waals surface area contributed by atoms with Crippen molar-refractivity contribution in [2.75, 3.05) is 26.8 Å². The quantitative estimate of drug-likeness (QED) is 0.0351. The third-order valence-electron chi connectivity index (χ3n) is 11.0. The molecule has 0 aromatic heterocycles. The lowest BCUT2D eigenvalue weighted by molar-refractivity contribution is -0.188. The lowest BCUT2D eigenvalue weighted by Gasteiger charge is -2.38. The van der Waals surface area contributed by atoms with Crippen LogP contribution in [0.25, 0.3) is 0 Å². The maximum atomic E-state index is 15.6. The van der Waals surface area contributed by atoms with Crippen molar-refractivity contribution in [2.24, 2.45) is 0 Å². The summed E-state index contributed by atoms with van der Waals surface area (Å²) in [4.78, 5) is 18.9. The Balaban J connectivity index is 1.71. The van der Waals surface area contributed by atoms with Gasteiger partial charge in [-0.3, -0.25) is 0 Å². The van der Waals surface area contributed by atoms with Crippen molar-refractivity contribution < 1.29 is 51.5 Å². The number of aliphatic hydroxyl groups is 2. The van der Waals surface area contributed by atoms with E-state index >= 15 is 4.79 Å². The molecule has 0 aliphatic carbocycles. The Morgan fingerprint density at radius 1 is 0.516 bits per heavy atom.